The van der Waals surface area contributed by atoms with Crippen LogP contribution in [0.1, 0.15) is 62.3 Å². The van der Waals surface area contributed by atoms with Crippen LogP contribution in [0.15, 0.2) is 0 Å². The third-order valence-electron chi connectivity index (χ3n) is 3.79. The fraction of sp³-hybridized carbons (Fsp3) is 0.833. The Kier molecular flexibility index (Phi) is 7.61. The third kappa shape index (κ3) is 7.82. The van der Waals surface area contributed by atoms with E-state index in [-0.39, 0.29) is 4.90 Å². The summed E-state index contributed by atoms with van der Waals surface area (Å²) < 4.78 is 44.1. The topological polar surface area (TPSA) is 82.1 Å². The van der Waals surface area contributed by atoms with Crippen LogP contribution in [0.25, 0.3) is 0 Å². The normalized spacial score (nSPS) is 13.8. The molecule has 0 saturated heterocycles. The summed E-state index contributed by atoms with van der Waals surface area (Å²) in [5.74, 6) is -2.15. The Hall–Kier alpha value is -1.55. The second-order valence-corrected chi connectivity index (χ2v) is 14.7. The molecule has 0 aliphatic carbocycles. The van der Waals surface area contributed by atoms with Crippen molar-refractivity contribution in [2.75, 3.05) is 0 Å². The van der Waals surface area contributed by atoms with Crippen LogP contribution in [0, 0.1) is 0 Å². The molecule has 28 heavy (non-hydrogen) atoms. The van der Waals surface area contributed by atoms with E-state index >= 15 is 0 Å². The monoisotopic (exact) mass is 425 g/mol. The van der Waals surface area contributed by atoms with Gasteiger partial charge in [-0.05, 0) is 59.7 Å². The molecule has 0 radical (unpaired) electrons. The molecular formula is C18H33F2NO6Si. The van der Waals surface area contributed by atoms with Crippen LogP contribution in [-0.2, 0) is 18.7 Å². The number of nitrogens with zero attached hydrogens (tertiary/aromatic N) is 1. The van der Waals surface area contributed by atoms with Gasteiger partial charge in [-0.25, -0.2) is 9.59 Å². The summed E-state index contributed by atoms with van der Waals surface area (Å²) in [5, 5.41) is -0.640. The second kappa shape index (κ2) is 8.06. The van der Waals surface area contributed by atoms with E-state index in [0.717, 1.165) is 0 Å². The maximum absolute atomic E-state index is 14.7. The van der Waals surface area contributed by atoms with Gasteiger partial charge in [0.2, 0.25) is 0 Å². The van der Waals surface area contributed by atoms with E-state index in [4.69, 9.17) is 13.9 Å². The fourth-order valence-electron chi connectivity index (χ4n) is 1.50. The van der Waals surface area contributed by atoms with Crippen molar-refractivity contribution in [2.24, 2.45) is 0 Å². The zero-order chi connectivity index (χ0) is 22.9. The van der Waals surface area contributed by atoms with Gasteiger partial charge in [0.15, 0.2) is 8.32 Å². The molecule has 0 bridgehead atoms. The van der Waals surface area contributed by atoms with Crippen LogP contribution in [-0.4, -0.2) is 48.6 Å². The van der Waals surface area contributed by atoms with Crippen molar-refractivity contribution in [3.63, 3.8) is 0 Å². The molecule has 0 aromatic carbocycles. The quantitative estimate of drug-likeness (QED) is 0.571. The third-order valence-corrected chi connectivity index (χ3v) is 8.17. The molecule has 0 heterocycles. The summed E-state index contributed by atoms with van der Waals surface area (Å²) in [6, 6.07) is 0. The summed E-state index contributed by atoms with van der Waals surface area (Å²) >= 11 is 0. The molecule has 0 atom stereocenters. The van der Waals surface area contributed by atoms with Crippen molar-refractivity contribution in [1.82, 2.24) is 4.90 Å². The van der Waals surface area contributed by atoms with Crippen LogP contribution < -0.4 is 0 Å². The number of hydrogen-bond acceptors (Lipinski definition) is 6. The Morgan fingerprint density at radius 3 is 1.32 bits per heavy atom. The van der Waals surface area contributed by atoms with Crippen molar-refractivity contribution in [3.05, 3.63) is 0 Å². The first-order valence-corrected chi connectivity index (χ1v) is 11.8. The minimum Gasteiger partial charge on any atom is -0.443 e. The standard InChI is InChI=1S/C18H33F2NO6Si/c1-15(2,3)25-13(23)21(14(24)26-16(4,5)6)12(22)18(19,20)27-28(10,11)17(7,8)9/h1-11H3. The van der Waals surface area contributed by atoms with Gasteiger partial charge in [-0.1, -0.05) is 20.8 Å². The Morgan fingerprint density at radius 1 is 0.750 bits per heavy atom. The first-order chi connectivity index (χ1) is 12.0. The second-order valence-electron chi connectivity index (χ2n) is 9.98. The average Bonchev–Trinajstić information content (AvgIpc) is 2.30. The van der Waals surface area contributed by atoms with E-state index in [1.54, 1.807) is 20.8 Å². The summed E-state index contributed by atoms with van der Waals surface area (Å²) in [4.78, 5) is 36.8. The molecule has 0 rings (SSSR count). The Bertz CT molecular complexity index is 587. The molecule has 0 fully saturated rings. The van der Waals surface area contributed by atoms with Gasteiger partial charge in [-0.3, -0.25) is 4.79 Å². The maximum atomic E-state index is 14.7. The van der Waals surface area contributed by atoms with Gasteiger partial charge in [0.25, 0.3) is 0 Å². The molecule has 0 N–H and O–H groups in total. The van der Waals surface area contributed by atoms with Crippen molar-refractivity contribution in [1.29, 1.82) is 0 Å². The van der Waals surface area contributed by atoms with Gasteiger partial charge in [0.05, 0.1) is 0 Å². The molecule has 7 nitrogen and oxygen atoms in total. The van der Waals surface area contributed by atoms with Gasteiger partial charge in [0.1, 0.15) is 11.2 Å². The van der Waals surface area contributed by atoms with Gasteiger partial charge in [0, 0.05) is 0 Å². The summed E-state index contributed by atoms with van der Waals surface area (Å²) in [6.07, 6.45) is -7.55. The number of carbonyl (C=O) groups excluding carboxylic acids is 3. The van der Waals surface area contributed by atoms with E-state index in [0.29, 0.717) is 0 Å². The highest BCUT2D eigenvalue weighted by Crippen LogP contribution is 2.40. The summed E-state index contributed by atoms with van der Waals surface area (Å²) in [6.45, 7) is 16.9. The molecule has 0 unspecified atom stereocenters. The number of imide groups is 3. The lowest BCUT2D eigenvalue weighted by Gasteiger charge is -2.38. The van der Waals surface area contributed by atoms with Crippen molar-refractivity contribution in [2.45, 2.75) is 97.8 Å². The smallest absolute Gasteiger partial charge is 0.428 e. The van der Waals surface area contributed by atoms with Crippen molar-refractivity contribution < 1.29 is 37.1 Å². The average molecular weight is 426 g/mol. The minimum absolute atomic E-state index is 0.344. The first kappa shape index (κ1) is 26.4. The Balaban J connectivity index is 5.96. The van der Waals surface area contributed by atoms with Crippen LogP contribution in [0.2, 0.25) is 18.1 Å². The molecule has 164 valence electrons. The molecule has 0 aromatic rings. The number of carbonyl (C=O) groups is 3. The van der Waals surface area contributed by atoms with Crippen LogP contribution in [0.5, 0.6) is 0 Å². The zero-order valence-electron chi connectivity index (χ0n) is 18.7. The van der Waals surface area contributed by atoms with Gasteiger partial charge >= 0.3 is 24.2 Å². The number of hydrogen-bond donors (Lipinski definition) is 0. The maximum Gasteiger partial charge on any atom is 0.428 e. The predicted molar refractivity (Wildman–Crippen MR) is 103 cm³/mol. The molecule has 0 saturated carbocycles. The molecule has 0 aliphatic heterocycles. The molecule has 0 aromatic heterocycles. The Labute approximate surface area is 166 Å². The number of ether oxygens (including phenoxy) is 2. The molecule has 0 spiro atoms. The number of rotatable bonds is 3. The zero-order valence-corrected chi connectivity index (χ0v) is 19.7. The largest absolute Gasteiger partial charge is 0.443 e. The summed E-state index contributed by atoms with van der Waals surface area (Å²) in [7, 11) is -3.11. The lowest BCUT2D eigenvalue weighted by Crippen LogP contribution is -2.57. The summed E-state index contributed by atoms with van der Waals surface area (Å²) in [5.41, 5.74) is -2.26. The number of alkyl halides is 2. The lowest BCUT2D eigenvalue weighted by atomic mass is 10.2. The highest BCUT2D eigenvalue weighted by atomic mass is 28.4. The first-order valence-electron chi connectivity index (χ1n) is 8.89. The minimum atomic E-state index is -4.42. The van der Waals surface area contributed by atoms with Crippen LogP contribution in [0.3, 0.4) is 0 Å². The highest BCUT2D eigenvalue weighted by molar-refractivity contribution is 6.74. The van der Waals surface area contributed by atoms with Crippen LogP contribution >= 0.6 is 0 Å². The number of halogens is 2. The van der Waals surface area contributed by atoms with E-state index in [9.17, 15) is 23.2 Å². The van der Waals surface area contributed by atoms with Crippen molar-refractivity contribution in [3.8, 4) is 0 Å². The van der Waals surface area contributed by atoms with Crippen molar-refractivity contribution >= 4 is 26.4 Å². The SMILES string of the molecule is CC(C)(C)OC(=O)N(C(=O)OC(C)(C)C)C(=O)C(F)(F)O[Si](C)(C)C(C)(C)C. The molecule has 0 aliphatic rings. The van der Waals surface area contributed by atoms with E-state index < -0.39 is 48.8 Å². The fourth-order valence-corrected chi connectivity index (χ4v) is 2.54. The van der Waals surface area contributed by atoms with E-state index in [1.807, 2.05) is 0 Å². The Morgan fingerprint density at radius 2 is 1.07 bits per heavy atom. The molecular weight excluding hydrogens is 392 g/mol. The van der Waals surface area contributed by atoms with Gasteiger partial charge < -0.3 is 13.9 Å². The lowest BCUT2D eigenvalue weighted by molar-refractivity contribution is -0.205. The molecule has 10 heteroatoms. The predicted octanol–water partition coefficient (Wildman–Crippen LogP) is 5.30. The van der Waals surface area contributed by atoms with E-state index in [1.165, 1.54) is 54.6 Å². The number of amides is 3. The molecule has 3 amide bonds. The van der Waals surface area contributed by atoms with Gasteiger partial charge in [-0.2, -0.15) is 8.78 Å². The highest BCUT2D eigenvalue weighted by Gasteiger charge is 2.55. The van der Waals surface area contributed by atoms with Crippen LogP contribution in [0.4, 0.5) is 18.4 Å². The van der Waals surface area contributed by atoms with Gasteiger partial charge in [-0.15, -0.1) is 4.90 Å². The van der Waals surface area contributed by atoms with E-state index in [2.05, 4.69) is 0 Å².